The van der Waals surface area contributed by atoms with E-state index >= 15 is 0 Å². The molecule has 92 valence electrons. The van der Waals surface area contributed by atoms with Gasteiger partial charge < -0.3 is 14.8 Å². The molecule has 1 aliphatic carbocycles. The van der Waals surface area contributed by atoms with Gasteiger partial charge in [-0.15, -0.1) is 0 Å². The number of carbonyl (C=O) groups excluding carboxylic acids is 1. The predicted octanol–water partition coefficient (Wildman–Crippen LogP) is 1.27. The number of methoxy groups -OCH3 is 1. The van der Waals surface area contributed by atoms with E-state index in [2.05, 4.69) is 5.32 Å². The quantitative estimate of drug-likeness (QED) is 0.603. The van der Waals surface area contributed by atoms with Crippen molar-refractivity contribution in [2.75, 3.05) is 33.5 Å². The van der Waals surface area contributed by atoms with Gasteiger partial charge in [0.25, 0.3) is 0 Å². The molecule has 0 saturated carbocycles. The minimum atomic E-state index is 0.241. The van der Waals surface area contributed by atoms with Gasteiger partial charge in [-0.1, -0.05) is 0 Å². The summed E-state index contributed by atoms with van der Waals surface area (Å²) in [5.41, 5.74) is 1.09. The van der Waals surface area contributed by atoms with Crippen molar-refractivity contribution in [3.05, 3.63) is 11.8 Å². The molecule has 0 atom stereocenters. The summed E-state index contributed by atoms with van der Waals surface area (Å²) in [6.45, 7) is 3.03. The highest BCUT2D eigenvalue weighted by molar-refractivity contribution is 5.92. The number of nitrogens with one attached hydrogen (secondary N) is 1. The van der Waals surface area contributed by atoms with Gasteiger partial charge in [-0.05, 0) is 19.3 Å². The summed E-state index contributed by atoms with van der Waals surface area (Å²) in [6.07, 6.45) is 5.37. The van der Waals surface area contributed by atoms with Crippen LogP contribution in [0.15, 0.2) is 11.8 Å². The van der Waals surface area contributed by atoms with Crippen molar-refractivity contribution in [1.29, 1.82) is 0 Å². The zero-order chi connectivity index (χ0) is 11.6. The van der Waals surface area contributed by atoms with E-state index < -0.39 is 0 Å². The summed E-state index contributed by atoms with van der Waals surface area (Å²) < 4.78 is 10.2. The molecule has 0 aromatic heterocycles. The van der Waals surface area contributed by atoms with Gasteiger partial charge in [0, 0.05) is 38.5 Å². The molecule has 0 aliphatic heterocycles. The molecule has 1 N–H and O–H groups in total. The Balaban J connectivity index is 1.85. The molecule has 4 nitrogen and oxygen atoms in total. The summed E-state index contributed by atoms with van der Waals surface area (Å²) in [4.78, 5) is 10.9. The van der Waals surface area contributed by atoms with Crippen molar-refractivity contribution in [2.45, 2.75) is 25.7 Å². The van der Waals surface area contributed by atoms with Crippen molar-refractivity contribution in [2.24, 2.45) is 0 Å². The Hall–Kier alpha value is -0.870. The first-order valence-electron chi connectivity index (χ1n) is 5.87. The molecular formula is C12H21NO3. The SMILES string of the molecule is COCCOCCCCNC1=CC(=O)CC1. The van der Waals surface area contributed by atoms with Crippen LogP contribution >= 0.6 is 0 Å². The molecule has 0 amide bonds. The summed E-state index contributed by atoms with van der Waals surface area (Å²) in [6, 6.07) is 0. The van der Waals surface area contributed by atoms with Crippen LogP contribution in [0.1, 0.15) is 25.7 Å². The molecule has 1 aliphatic rings. The van der Waals surface area contributed by atoms with Crippen molar-refractivity contribution in [3.8, 4) is 0 Å². The van der Waals surface area contributed by atoms with E-state index in [0.29, 0.717) is 19.6 Å². The number of hydrogen-bond acceptors (Lipinski definition) is 4. The van der Waals surface area contributed by atoms with E-state index in [9.17, 15) is 4.79 Å². The largest absolute Gasteiger partial charge is 0.388 e. The fraction of sp³-hybridized carbons (Fsp3) is 0.750. The van der Waals surface area contributed by atoms with Crippen LogP contribution in [0.4, 0.5) is 0 Å². The maximum Gasteiger partial charge on any atom is 0.157 e. The Bertz CT molecular complexity index is 238. The highest BCUT2D eigenvalue weighted by Crippen LogP contribution is 2.11. The number of hydrogen-bond donors (Lipinski definition) is 1. The molecule has 0 aromatic carbocycles. The smallest absolute Gasteiger partial charge is 0.157 e. The number of unbranched alkanes of at least 4 members (excludes halogenated alkanes) is 1. The summed E-state index contributed by atoms with van der Waals surface area (Å²) in [5.74, 6) is 0.241. The molecule has 0 fully saturated rings. The molecule has 16 heavy (non-hydrogen) atoms. The van der Waals surface area contributed by atoms with Crippen molar-refractivity contribution in [1.82, 2.24) is 5.32 Å². The van der Waals surface area contributed by atoms with E-state index in [1.54, 1.807) is 13.2 Å². The standard InChI is InChI=1S/C12H21NO3/c1-15-8-9-16-7-3-2-6-13-11-4-5-12(14)10-11/h10,13H,2-9H2,1H3. The first kappa shape index (κ1) is 13.2. The zero-order valence-corrected chi connectivity index (χ0v) is 9.96. The van der Waals surface area contributed by atoms with Crippen LogP contribution in [-0.4, -0.2) is 39.3 Å². The summed E-state index contributed by atoms with van der Waals surface area (Å²) in [5, 5.41) is 3.27. The first-order chi connectivity index (χ1) is 7.83. The number of carbonyl (C=O) groups is 1. The van der Waals surface area contributed by atoms with Gasteiger partial charge in [0.15, 0.2) is 5.78 Å². The topological polar surface area (TPSA) is 47.6 Å². The van der Waals surface area contributed by atoms with Crippen molar-refractivity contribution >= 4 is 5.78 Å². The molecule has 0 aromatic rings. The third-order valence-electron chi connectivity index (χ3n) is 2.48. The highest BCUT2D eigenvalue weighted by Gasteiger charge is 2.10. The van der Waals surface area contributed by atoms with Crippen LogP contribution in [0.2, 0.25) is 0 Å². The minimum absolute atomic E-state index is 0.241. The van der Waals surface area contributed by atoms with E-state index in [4.69, 9.17) is 9.47 Å². The molecular weight excluding hydrogens is 206 g/mol. The number of ether oxygens (including phenoxy) is 2. The van der Waals surface area contributed by atoms with E-state index in [-0.39, 0.29) is 5.78 Å². The van der Waals surface area contributed by atoms with Gasteiger partial charge >= 0.3 is 0 Å². The minimum Gasteiger partial charge on any atom is -0.388 e. The van der Waals surface area contributed by atoms with Crippen LogP contribution in [-0.2, 0) is 14.3 Å². The summed E-state index contributed by atoms with van der Waals surface area (Å²) >= 11 is 0. The fourth-order valence-electron chi connectivity index (χ4n) is 1.56. The van der Waals surface area contributed by atoms with Gasteiger partial charge in [-0.25, -0.2) is 0 Å². The van der Waals surface area contributed by atoms with Crippen LogP contribution in [0.5, 0.6) is 0 Å². The maximum atomic E-state index is 10.9. The Labute approximate surface area is 97.0 Å². The van der Waals surface area contributed by atoms with E-state index in [0.717, 1.165) is 38.1 Å². The third kappa shape index (κ3) is 5.88. The Morgan fingerprint density at radius 1 is 1.25 bits per heavy atom. The number of rotatable bonds is 9. The van der Waals surface area contributed by atoms with E-state index in [1.165, 1.54) is 0 Å². The monoisotopic (exact) mass is 227 g/mol. The van der Waals surface area contributed by atoms with Gasteiger partial charge in [-0.3, -0.25) is 4.79 Å². The lowest BCUT2D eigenvalue weighted by Gasteiger charge is -2.06. The molecule has 0 saturated heterocycles. The van der Waals surface area contributed by atoms with Gasteiger partial charge in [0.05, 0.1) is 13.2 Å². The lowest BCUT2D eigenvalue weighted by atomic mass is 10.3. The second kappa shape index (κ2) is 8.30. The lowest BCUT2D eigenvalue weighted by Crippen LogP contribution is -2.14. The maximum absolute atomic E-state index is 10.9. The van der Waals surface area contributed by atoms with Gasteiger partial charge in [0.2, 0.25) is 0 Å². The zero-order valence-electron chi connectivity index (χ0n) is 9.96. The Morgan fingerprint density at radius 2 is 2.12 bits per heavy atom. The second-order valence-electron chi connectivity index (χ2n) is 3.87. The van der Waals surface area contributed by atoms with Crippen LogP contribution in [0, 0.1) is 0 Å². The molecule has 1 rings (SSSR count). The fourth-order valence-corrected chi connectivity index (χ4v) is 1.56. The number of ketones is 1. The molecule has 0 radical (unpaired) electrons. The highest BCUT2D eigenvalue weighted by atomic mass is 16.5. The normalized spacial score (nSPS) is 15.3. The van der Waals surface area contributed by atoms with Crippen LogP contribution in [0.3, 0.4) is 0 Å². The van der Waals surface area contributed by atoms with Crippen molar-refractivity contribution < 1.29 is 14.3 Å². The molecule has 0 heterocycles. The van der Waals surface area contributed by atoms with Crippen LogP contribution < -0.4 is 5.32 Å². The average Bonchev–Trinajstić information content (AvgIpc) is 2.68. The van der Waals surface area contributed by atoms with Gasteiger partial charge in [0.1, 0.15) is 0 Å². The number of allylic oxidation sites excluding steroid dienone is 2. The van der Waals surface area contributed by atoms with E-state index in [1.807, 2.05) is 0 Å². The third-order valence-corrected chi connectivity index (χ3v) is 2.48. The molecule has 4 heteroatoms. The lowest BCUT2D eigenvalue weighted by molar-refractivity contribution is -0.114. The summed E-state index contributed by atoms with van der Waals surface area (Å²) in [7, 11) is 1.67. The second-order valence-corrected chi connectivity index (χ2v) is 3.87. The molecule has 0 unspecified atom stereocenters. The average molecular weight is 227 g/mol. The van der Waals surface area contributed by atoms with Crippen molar-refractivity contribution in [3.63, 3.8) is 0 Å². The first-order valence-corrected chi connectivity index (χ1v) is 5.87. The molecule has 0 spiro atoms. The van der Waals surface area contributed by atoms with Gasteiger partial charge in [-0.2, -0.15) is 0 Å². The Morgan fingerprint density at radius 3 is 2.81 bits per heavy atom. The Kier molecular flexibility index (Phi) is 6.85. The predicted molar refractivity (Wildman–Crippen MR) is 62.3 cm³/mol. The van der Waals surface area contributed by atoms with Crippen LogP contribution in [0.25, 0.3) is 0 Å². The molecule has 0 bridgehead atoms.